The van der Waals surface area contributed by atoms with Gasteiger partial charge in [0.2, 0.25) is 0 Å². The summed E-state index contributed by atoms with van der Waals surface area (Å²) in [7, 11) is 3.43. The normalized spacial score (nSPS) is 11.8. The van der Waals surface area contributed by atoms with Gasteiger partial charge < -0.3 is 10.2 Å². The zero-order valence-electron chi connectivity index (χ0n) is 12.9. The lowest BCUT2D eigenvalue weighted by molar-refractivity contribution is -0.384. The van der Waals surface area contributed by atoms with Gasteiger partial charge in [0, 0.05) is 30.6 Å². The van der Waals surface area contributed by atoms with E-state index in [-0.39, 0.29) is 23.2 Å². The lowest BCUT2D eigenvalue weighted by Crippen LogP contribution is -2.26. The molecule has 0 aliphatic heterocycles. The van der Waals surface area contributed by atoms with E-state index in [0.717, 1.165) is 4.88 Å². The fraction of sp³-hybridized carbons (Fsp3) is 0.267. The van der Waals surface area contributed by atoms with Gasteiger partial charge in [0.15, 0.2) is 0 Å². The minimum atomic E-state index is -0.491. The van der Waals surface area contributed by atoms with Gasteiger partial charge in [0.05, 0.1) is 15.3 Å². The van der Waals surface area contributed by atoms with E-state index >= 15 is 0 Å². The standard InChI is InChI=1S/C15H16ClN3O3S/c1-9(13-6-7-14(16)23-13)17-15(20)10-4-5-11(18(2)3)12(8-10)19(21)22/h4-9H,1-3H3,(H,17,20). The summed E-state index contributed by atoms with van der Waals surface area (Å²) in [6.07, 6.45) is 0. The Kier molecular flexibility index (Phi) is 5.23. The quantitative estimate of drug-likeness (QED) is 0.654. The Hall–Kier alpha value is -2.12. The van der Waals surface area contributed by atoms with Crippen LogP contribution in [0.2, 0.25) is 4.34 Å². The first kappa shape index (κ1) is 17.2. The Morgan fingerprint density at radius 3 is 2.57 bits per heavy atom. The molecule has 0 saturated carbocycles. The van der Waals surface area contributed by atoms with Gasteiger partial charge in [0.1, 0.15) is 5.69 Å². The summed E-state index contributed by atoms with van der Waals surface area (Å²) < 4.78 is 0.645. The van der Waals surface area contributed by atoms with Crippen LogP contribution in [0.5, 0.6) is 0 Å². The maximum Gasteiger partial charge on any atom is 0.293 e. The van der Waals surface area contributed by atoms with Crippen molar-refractivity contribution in [2.45, 2.75) is 13.0 Å². The Labute approximate surface area is 142 Å². The molecule has 0 bridgehead atoms. The topological polar surface area (TPSA) is 75.5 Å². The Morgan fingerprint density at radius 2 is 2.04 bits per heavy atom. The summed E-state index contributed by atoms with van der Waals surface area (Å²) in [6.45, 7) is 1.84. The number of benzene rings is 1. The van der Waals surface area contributed by atoms with Crippen LogP contribution in [0.25, 0.3) is 0 Å². The molecule has 0 aliphatic rings. The molecule has 0 fully saturated rings. The van der Waals surface area contributed by atoms with E-state index in [9.17, 15) is 14.9 Å². The minimum Gasteiger partial charge on any atom is -0.372 e. The van der Waals surface area contributed by atoms with E-state index in [1.165, 1.54) is 17.4 Å². The highest BCUT2D eigenvalue weighted by Crippen LogP contribution is 2.29. The molecular formula is C15H16ClN3O3S. The summed E-state index contributed by atoms with van der Waals surface area (Å²) >= 11 is 7.27. The molecule has 0 aliphatic carbocycles. The lowest BCUT2D eigenvalue weighted by atomic mass is 10.1. The van der Waals surface area contributed by atoms with Gasteiger partial charge in [-0.1, -0.05) is 11.6 Å². The zero-order valence-corrected chi connectivity index (χ0v) is 14.4. The average Bonchev–Trinajstić information content (AvgIpc) is 2.93. The molecule has 1 atom stereocenters. The number of nitro benzene ring substituents is 1. The predicted octanol–water partition coefficient (Wildman–Crippen LogP) is 3.87. The number of nitrogens with zero attached hydrogens (tertiary/aromatic N) is 2. The number of hydrogen-bond acceptors (Lipinski definition) is 5. The summed E-state index contributed by atoms with van der Waals surface area (Å²) in [6, 6.07) is 7.81. The minimum absolute atomic E-state index is 0.102. The van der Waals surface area contributed by atoms with Crippen molar-refractivity contribution in [2.75, 3.05) is 19.0 Å². The van der Waals surface area contributed by atoms with Gasteiger partial charge >= 0.3 is 0 Å². The van der Waals surface area contributed by atoms with Crippen molar-refractivity contribution in [1.82, 2.24) is 5.32 Å². The highest BCUT2D eigenvalue weighted by Gasteiger charge is 2.20. The van der Waals surface area contributed by atoms with Gasteiger partial charge in [-0.15, -0.1) is 11.3 Å². The van der Waals surface area contributed by atoms with Crippen LogP contribution in [0, 0.1) is 10.1 Å². The number of thiophene rings is 1. The van der Waals surface area contributed by atoms with Crippen molar-refractivity contribution in [3.05, 3.63) is 55.2 Å². The first-order valence-corrected chi connectivity index (χ1v) is 8.01. The highest BCUT2D eigenvalue weighted by molar-refractivity contribution is 7.16. The SMILES string of the molecule is CC(NC(=O)c1ccc(N(C)C)c([N+](=O)[O-])c1)c1ccc(Cl)s1. The van der Waals surface area contributed by atoms with Crippen LogP contribution in [0.3, 0.4) is 0 Å². The number of amides is 1. The Bertz CT molecular complexity index is 745. The maximum absolute atomic E-state index is 12.3. The predicted molar refractivity (Wildman–Crippen MR) is 92.6 cm³/mol. The van der Waals surface area contributed by atoms with E-state index in [0.29, 0.717) is 10.0 Å². The van der Waals surface area contributed by atoms with E-state index in [1.807, 2.05) is 13.0 Å². The number of carbonyl (C=O) groups is 1. The number of hydrogen-bond donors (Lipinski definition) is 1. The third kappa shape index (κ3) is 4.00. The van der Waals surface area contributed by atoms with Crippen LogP contribution in [-0.4, -0.2) is 24.9 Å². The molecule has 1 aromatic heterocycles. The molecule has 6 nitrogen and oxygen atoms in total. The second kappa shape index (κ2) is 6.97. The van der Waals surface area contributed by atoms with Crippen LogP contribution in [0.4, 0.5) is 11.4 Å². The van der Waals surface area contributed by atoms with Gasteiger partial charge in [-0.3, -0.25) is 14.9 Å². The summed E-state index contributed by atoms with van der Waals surface area (Å²) in [5, 5.41) is 14.0. The fourth-order valence-electron chi connectivity index (χ4n) is 2.10. The molecule has 0 spiro atoms. The molecule has 0 radical (unpaired) electrons. The molecule has 23 heavy (non-hydrogen) atoms. The number of nitrogens with one attached hydrogen (secondary N) is 1. The third-order valence-electron chi connectivity index (χ3n) is 3.28. The van der Waals surface area contributed by atoms with E-state index in [2.05, 4.69) is 5.32 Å². The van der Waals surface area contributed by atoms with Crippen molar-refractivity contribution < 1.29 is 9.72 Å². The molecule has 2 rings (SSSR count). The summed E-state index contributed by atoms with van der Waals surface area (Å²) in [5.41, 5.74) is 0.593. The first-order chi connectivity index (χ1) is 10.8. The largest absolute Gasteiger partial charge is 0.372 e. The highest BCUT2D eigenvalue weighted by atomic mass is 35.5. The summed E-state index contributed by atoms with van der Waals surface area (Å²) in [5.74, 6) is -0.365. The first-order valence-electron chi connectivity index (χ1n) is 6.81. The van der Waals surface area contributed by atoms with Crippen LogP contribution < -0.4 is 10.2 Å². The fourth-order valence-corrected chi connectivity index (χ4v) is 3.16. The van der Waals surface area contributed by atoms with Crippen LogP contribution in [-0.2, 0) is 0 Å². The van der Waals surface area contributed by atoms with Crippen LogP contribution in [0.15, 0.2) is 30.3 Å². The molecule has 2 aromatic rings. The molecule has 1 aromatic carbocycles. The smallest absolute Gasteiger partial charge is 0.293 e. The number of nitro groups is 1. The monoisotopic (exact) mass is 353 g/mol. The van der Waals surface area contributed by atoms with Crippen molar-refractivity contribution in [3.63, 3.8) is 0 Å². The molecule has 1 N–H and O–H groups in total. The molecular weight excluding hydrogens is 338 g/mol. The molecule has 0 saturated heterocycles. The van der Waals surface area contributed by atoms with E-state index in [4.69, 9.17) is 11.6 Å². The molecule has 122 valence electrons. The summed E-state index contributed by atoms with van der Waals surface area (Å²) in [4.78, 5) is 25.6. The molecule has 8 heteroatoms. The molecule has 1 unspecified atom stereocenters. The second-order valence-corrected chi connectivity index (χ2v) is 6.94. The van der Waals surface area contributed by atoms with Crippen molar-refractivity contribution >= 4 is 40.2 Å². The van der Waals surface area contributed by atoms with Crippen molar-refractivity contribution in [3.8, 4) is 0 Å². The van der Waals surface area contributed by atoms with Gasteiger partial charge in [-0.25, -0.2) is 0 Å². The maximum atomic E-state index is 12.3. The Morgan fingerprint density at radius 1 is 1.35 bits per heavy atom. The number of carbonyl (C=O) groups excluding carboxylic acids is 1. The second-order valence-electron chi connectivity index (χ2n) is 5.19. The van der Waals surface area contributed by atoms with E-state index < -0.39 is 4.92 Å². The number of rotatable bonds is 5. The van der Waals surface area contributed by atoms with Crippen molar-refractivity contribution in [1.29, 1.82) is 0 Å². The number of halogens is 1. The van der Waals surface area contributed by atoms with Crippen LogP contribution in [0.1, 0.15) is 28.2 Å². The van der Waals surface area contributed by atoms with E-state index in [1.54, 1.807) is 37.2 Å². The van der Waals surface area contributed by atoms with Crippen LogP contribution >= 0.6 is 22.9 Å². The number of anilines is 1. The van der Waals surface area contributed by atoms with Gasteiger partial charge in [0.25, 0.3) is 11.6 Å². The zero-order chi connectivity index (χ0) is 17.1. The van der Waals surface area contributed by atoms with Gasteiger partial charge in [-0.2, -0.15) is 0 Å². The Balaban J connectivity index is 2.22. The molecule has 1 heterocycles. The lowest BCUT2D eigenvalue weighted by Gasteiger charge is -2.15. The third-order valence-corrected chi connectivity index (χ3v) is 4.70. The molecule has 1 amide bonds. The average molecular weight is 354 g/mol. The van der Waals surface area contributed by atoms with Crippen molar-refractivity contribution in [2.24, 2.45) is 0 Å². The van der Waals surface area contributed by atoms with Gasteiger partial charge in [-0.05, 0) is 31.2 Å².